The lowest BCUT2D eigenvalue weighted by Crippen LogP contribution is -2.28. The number of alkyl halides is 3. The summed E-state index contributed by atoms with van der Waals surface area (Å²) in [5.41, 5.74) is 0.289. The molecule has 0 aliphatic heterocycles. The van der Waals surface area contributed by atoms with Crippen LogP contribution in [-0.2, 0) is 0 Å². The van der Waals surface area contributed by atoms with Crippen LogP contribution in [0.5, 0.6) is 0 Å². The van der Waals surface area contributed by atoms with E-state index in [0.29, 0.717) is 23.0 Å². The fourth-order valence-electron chi connectivity index (χ4n) is 2.00. The molecule has 0 radical (unpaired) electrons. The molecule has 1 heterocycles. The van der Waals surface area contributed by atoms with E-state index in [9.17, 15) is 13.2 Å². The smallest absolute Gasteiger partial charge is 0.251 e. The SMILES string of the molecule is CCC.C\C=C/N=C(/C(=C\C)C(CC)=Nc1ccc(Cl)nc1C)C(F)(F)F. The predicted molar refractivity (Wildman–Crippen MR) is 109 cm³/mol. The van der Waals surface area contributed by atoms with Crippen molar-refractivity contribution in [1.29, 1.82) is 0 Å². The maximum atomic E-state index is 13.4. The summed E-state index contributed by atoms with van der Waals surface area (Å²) in [6, 6.07) is 3.18. The Kier molecular flexibility index (Phi) is 11.5. The van der Waals surface area contributed by atoms with Crippen molar-refractivity contribution in [3.63, 3.8) is 0 Å². The fraction of sp³-hybridized carbons (Fsp3) is 0.450. The molecule has 0 saturated carbocycles. The molecule has 0 aliphatic rings. The molecule has 3 nitrogen and oxygen atoms in total. The molecule has 0 N–H and O–H groups in total. The van der Waals surface area contributed by atoms with Gasteiger partial charge >= 0.3 is 6.18 Å². The zero-order valence-corrected chi connectivity index (χ0v) is 17.4. The Balaban J connectivity index is 0.00000210. The lowest BCUT2D eigenvalue weighted by molar-refractivity contribution is -0.0579. The summed E-state index contributed by atoms with van der Waals surface area (Å²) in [6.07, 6.45) is 0.915. The van der Waals surface area contributed by atoms with E-state index >= 15 is 0 Å². The van der Waals surface area contributed by atoms with Gasteiger partial charge in [0.1, 0.15) is 5.15 Å². The summed E-state index contributed by atoms with van der Waals surface area (Å²) in [6.45, 7) is 10.8. The number of hydrogen-bond donors (Lipinski definition) is 0. The quantitative estimate of drug-likeness (QED) is 0.373. The molecule has 0 aliphatic carbocycles. The van der Waals surface area contributed by atoms with Crippen molar-refractivity contribution in [3.05, 3.63) is 46.9 Å². The number of pyridine rings is 1. The van der Waals surface area contributed by atoms with Gasteiger partial charge in [0.05, 0.1) is 11.4 Å². The van der Waals surface area contributed by atoms with Crippen LogP contribution in [0.4, 0.5) is 18.9 Å². The largest absolute Gasteiger partial charge is 0.433 e. The third-order valence-corrected chi connectivity index (χ3v) is 3.30. The maximum Gasteiger partial charge on any atom is 0.433 e. The minimum atomic E-state index is -4.58. The van der Waals surface area contributed by atoms with Gasteiger partial charge in [0.2, 0.25) is 0 Å². The number of hydrogen-bond acceptors (Lipinski definition) is 3. The first kappa shape index (κ1) is 25.1. The number of rotatable bonds is 5. The molecule has 1 rings (SSSR count). The molecule has 0 unspecified atom stereocenters. The van der Waals surface area contributed by atoms with Crippen LogP contribution in [0, 0.1) is 6.92 Å². The molecule has 0 spiro atoms. The van der Waals surface area contributed by atoms with E-state index in [1.54, 1.807) is 32.9 Å². The van der Waals surface area contributed by atoms with Gasteiger partial charge in [-0.1, -0.05) is 50.9 Å². The van der Waals surface area contributed by atoms with Crippen molar-refractivity contribution in [2.45, 2.75) is 60.6 Å². The van der Waals surface area contributed by atoms with Crippen LogP contribution in [0.25, 0.3) is 0 Å². The lowest BCUT2D eigenvalue weighted by Gasteiger charge is -2.15. The van der Waals surface area contributed by atoms with Gasteiger partial charge in [0.15, 0.2) is 5.71 Å². The second kappa shape index (κ2) is 12.4. The van der Waals surface area contributed by atoms with Crippen molar-refractivity contribution in [1.82, 2.24) is 4.98 Å². The molecular formula is C20H27ClF3N3. The van der Waals surface area contributed by atoms with E-state index in [-0.39, 0.29) is 11.3 Å². The van der Waals surface area contributed by atoms with Crippen molar-refractivity contribution >= 4 is 28.7 Å². The third kappa shape index (κ3) is 8.52. The van der Waals surface area contributed by atoms with E-state index in [4.69, 9.17) is 11.6 Å². The summed E-state index contributed by atoms with van der Waals surface area (Å²) >= 11 is 5.80. The lowest BCUT2D eigenvalue weighted by atomic mass is 10.0. The zero-order chi connectivity index (χ0) is 21.0. The maximum absolute atomic E-state index is 13.4. The number of halogens is 4. The van der Waals surface area contributed by atoms with E-state index in [0.717, 1.165) is 6.20 Å². The average molecular weight is 402 g/mol. The van der Waals surface area contributed by atoms with Gasteiger partial charge < -0.3 is 0 Å². The van der Waals surface area contributed by atoms with Gasteiger partial charge in [-0.3, -0.25) is 9.98 Å². The molecule has 27 heavy (non-hydrogen) atoms. The summed E-state index contributed by atoms with van der Waals surface area (Å²) in [7, 11) is 0. The minimum Gasteiger partial charge on any atom is -0.251 e. The Morgan fingerprint density at radius 3 is 2.19 bits per heavy atom. The molecule has 0 atom stereocenters. The van der Waals surface area contributed by atoms with E-state index in [1.807, 2.05) is 0 Å². The molecule has 0 amide bonds. The predicted octanol–water partition coefficient (Wildman–Crippen LogP) is 7.43. The first-order valence-corrected chi connectivity index (χ1v) is 9.17. The molecule has 0 saturated heterocycles. The average Bonchev–Trinajstić information content (AvgIpc) is 2.58. The summed E-state index contributed by atoms with van der Waals surface area (Å²) in [5.74, 6) is 0. The van der Waals surface area contributed by atoms with Crippen LogP contribution in [-0.4, -0.2) is 22.6 Å². The van der Waals surface area contributed by atoms with Crippen molar-refractivity contribution in [2.75, 3.05) is 0 Å². The van der Waals surface area contributed by atoms with Crippen molar-refractivity contribution in [3.8, 4) is 0 Å². The molecule has 0 fully saturated rings. The molecule has 150 valence electrons. The van der Waals surface area contributed by atoms with Gasteiger partial charge in [-0.05, 0) is 39.3 Å². The molecule has 0 bridgehead atoms. The first-order chi connectivity index (χ1) is 12.7. The highest BCUT2D eigenvalue weighted by Gasteiger charge is 2.38. The molecular weight excluding hydrogens is 375 g/mol. The Hall–Kier alpha value is -1.95. The Labute approximate surface area is 164 Å². The van der Waals surface area contributed by atoms with Crippen LogP contribution in [0.3, 0.4) is 0 Å². The third-order valence-electron chi connectivity index (χ3n) is 3.09. The van der Waals surface area contributed by atoms with Gasteiger partial charge in [-0.2, -0.15) is 13.2 Å². The minimum absolute atomic E-state index is 0.0440. The Morgan fingerprint density at radius 2 is 1.78 bits per heavy atom. The van der Waals surface area contributed by atoms with Crippen LogP contribution < -0.4 is 0 Å². The van der Waals surface area contributed by atoms with E-state index in [1.165, 1.54) is 25.5 Å². The van der Waals surface area contributed by atoms with Crippen molar-refractivity contribution < 1.29 is 13.2 Å². The number of aliphatic imine (C=N–C) groups is 2. The van der Waals surface area contributed by atoms with Gasteiger partial charge in [-0.25, -0.2) is 4.98 Å². The van der Waals surface area contributed by atoms with E-state index < -0.39 is 11.9 Å². The highest BCUT2D eigenvalue weighted by molar-refractivity contribution is 6.29. The van der Waals surface area contributed by atoms with Gasteiger partial charge in [-0.15, -0.1) is 0 Å². The monoisotopic (exact) mass is 401 g/mol. The van der Waals surface area contributed by atoms with Crippen molar-refractivity contribution in [2.24, 2.45) is 9.98 Å². The highest BCUT2D eigenvalue weighted by atomic mass is 35.5. The second-order valence-corrected chi connectivity index (χ2v) is 5.91. The first-order valence-electron chi connectivity index (χ1n) is 8.79. The second-order valence-electron chi connectivity index (χ2n) is 5.52. The summed E-state index contributed by atoms with van der Waals surface area (Å²) < 4.78 is 40.1. The van der Waals surface area contributed by atoms with Crippen LogP contribution >= 0.6 is 11.6 Å². The number of allylic oxidation sites excluding steroid dienone is 3. The standard InChI is InChI=1S/C17H19ClF3N3.C3H8/c1-5-10-22-16(17(19,20)21)12(6-2)13(7-3)24-14-8-9-15(18)23-11(14)4;1-3-2/h5-6,8-10H,7H2,1-4H3;3H2,1-2H3/b10-5-,12-6-,22-16-,24-13?;. The Bertz CT molecular complexity index is 718. The van der Waals surface area contributed by atoms with Crippen LogP contribution in [0.15, 0.2) is 46.0 Å². The Morgan fingerprint density at radius 1 is 1.19 bits per heavy atom. The van der Waals surface area contributed by atoms with Gasteiger partial charge in [0, 0.05) is 17.5 Å². The van der Waals surface area contributed by atoms with E-state index in [2.05, 4.69) is 28.8 Å². The normalized spacial score (nSPS) is 13.6. The summed E-state index contributed by atoms with van der Waals surface area (Å²) in [4.78, 5) is 12.0. The highest BCUT2D eigenvalue weighted by Crippen LogP contribution is 2.27. The van der Waals surface area contributed by atoms with Gasteiger partial charge in [0.25, 0.3) is 0 Å². The molecule has 0 aromatic carbocycles. The number of aryl methyl sites for hydroxylation is 1. The molecule has 1 aromatic heterocycles. The molecule has 1 aromatic rings. The van der Waals surface area contributed by atoms with Crippen LogP contribution in [0.2, 0.25) is 5.15 Å². The zero-order valence-electron chi connectivity index (χ0n) is 16.7. The summed E-state index contributed by atoms with van der Waals surface area (Å²) in [5, 5.41) is 0.307. The van der Waals surface area contributed by atoms with Crippen LogP contribution in [0.1, 0.15) is 53.2 Å². The number of nitrogens with zero attached hydrogens (tertiary/aromatic N) is 3. The number of aromatic nitrogens is 1. The topological polar surface area (TPSA) is 37.6 Å². The molecule has 7 heteroatoms. The fourth-order valence-corrected chi connectivity index (χ4v) is 2.19.